The summed E-state index contributed by atoms with van der Waals surface area (Å²) in [4.78, 5) is 4.24. The van der Waals surface area contributed by atoms with Crippen LogP contribution in [0.3, 0.4) is 0 Å². The monoisotopic (exact) mass is 213 g/mol. The minimum absolute atomic E-state index is 0.111. The number of ether oxygens (including phenoxy) is 1. The van der Waals surface area contributed by atoms with Crippen molar-refractivity contribution in [1.29, 1.82) is 0 Å². The molecule has 0 fully saturated rings. The van der Waals surface area contributed by atoms with Gasteiger partial charge in [-0.3, -0.25) is 0 Å². The highest BCUT2D eigenvalue weighted by molar-refractivity contribution is 4.90. The molecule has 0 aliphatic carbocycles. The van der Waals surface area contributed by atoms with Gasteiger partial charge in [-0.05, 0) is 6.92 Å². The summed E-state index contributed by atoms with van der Waals surface area (Å²) < 4.78 is 10.2. The highest BCUT2D eigenvalue weighted by atomic mass is 16.5. The number of aromatic nitrogens is 2. The SMILES string of the molecule is COC(C)c1noc(CCNC(C)C)n1. The van der Waals surface area contributed by atoms with Crippen molar-refractivity contribution in [2.24, 2.45) is 0 Å². The van der Waals surface area contributed by atoms with Crippen molar-refractivity contribution >= 4 is 0 Å². The summed E-state index contributed by atoms with van der Waals surface area (Å²) in [5.41, 5.74) is 0. The van der Waals surface area contributed by atoms with Crippen molar-refractivity contribution < 1.29 is 9.26 Å². The number of hydrogen-bond acceptors (Lipinski definition) is 5. The lowest BCUT2D eigenvalue weighted by Gasteiger charge is -2.04. The lowest BCUT2D eigenvalue weighted by Crippen LogP contribution is -2.25. The second-order valence-electron chi connectivity index (χ2n) is 3.78. The third kappa shape index (κ3) is 3.97. The van der Waals surface area contributed by atoms with Crippen LogP contribution in [0.1, 0.15) is 38.6 Å². The van der Waals surface area contributed by atoms with Crippen molar-refractivity contribution in [3.8, 4) is 0 Å². The van der Waals surface area contributed by atoms with Crippen LogP contribution in [0.4, 0.5) is 0 Å². The van der Waals surface area contributed by atoms with Crippen molar-refractivity contribution in [1.82, 2.24) is 15.5 Å². The van der Waals surface area contributed by atoms with Crippen LogP contribution in [0, 0.1) is 0 Å². The Morgan fingerprint density at radius 3 is 2.73 bits per heavy atom. The Morgan fingerprint density at radius 2 is 2.13 bits per heavy atom. The van der Waals surface area contributed by atoms with E-state index in [0.717, 1.165) is 13.0 Å². The van der Waals surface area contributed by atoms with E-state index in [-0.39, 0.29) is 6.10 Å². The molecule has 1 N–H and O–H groups in total. The largest absolute Gasteiger partial charge is 0.374 e. The molecule has 1 aromatic rings. The Morgan fingerprint density at radius 1 is 1.40 bits per heavy atom. The molecule has 0 spiro atoms. The van der Waals surface area contributed by atoms with Crippen LogP contribution in [0.25, 0.3) is 0 Å². The Hall–Kier alpha value is -0.940. The van der Waals surface area contributed by atoms with Gasteiger partial charge >= 0.3 is 0 Å². The molecule has 0 saturated carbocycles. The lowest BCUT2D eigenvalue weighted by atomic mass is 10.3. The fourth-order valence-corrected chi connectivity index (χ4v) is 1.11. The van der Waals surface area contributed by atoms with Gasteiger partial charge in [0.25, 0.3) is 0 Å². The highest BCUT2D eigenvalue weighted by Crippen LogP contribution is 2.11. The molecule has 0 radical (unpaired) electrons. The third-order valence-electron chi connectivity index (χ3n) is 2.09. The first-order chi connectivity index (χ1) is 7.13. The van der Waals surface area contributed by atoms with Gasteiger partial charge in [0, 0.05) is 26.1 Å². The molecule has 0 aliphatic heterocycles. The maximum Gasteiger partial charge on any atom is 0.228 e. The summed E-state index contributed by atoms with van der Waals surface area (Å²) in [7, 11) is 1.63. The number of rotatable bonds is 6. The topological polar surface area (TPSA) is 60.2 Å². The van der Waals surface area contributed by atoms with Gasteiger partial charge in [0.2, 0.25) is 5.89 Å². The molecule has 0 bridgehead atoms. The van der Waals surface area contributed by atoms with E-state index in [4.69, 9.17) is 9.26 Å². The zero-order valence-corrected chi connectivity index (χ0v) is 9.78. The van der Waals surface area contributed by atoms with Crippen LogP contribution in [0.15, 0.2) is 4.52 Å². The predicted molar refractivity (Wildman–Crippen MR) is 56.6 cm³/mol. The van der Waals surface area contributed by atoms with E-state index in [2.05, 4.69) is 29.3 Å². The molecule has 0 amide bonds. The Bertz CT molecular complexity index is 286. The number of methoxy groups -OCH3 is 1. The van der Waals surface area contributed by atoms with Gasteiger partial charge in [0.15, 0.2) is 5.82 Å². The number of hydrogen-bond donors (Lipinski definition) is 1. The molecule has 0 aromatic carbocycles. The molecule has 1 rings (SSSR count). The molecule has 1 atom stereocenters. The first-order valence-electron chi connectivity index (χ1n) is 5.22. The van der Waals surface area contributed by atoms with Gasteiger partial charge in [0.05, 0.1) is 0 Å². The van der Waals surface area contributed by atoms with Crippen molar-refractivity contribution in [3.63, 3.8) is 0 Å². The van der Waals surface area contributed by atoms with Gasteiger partial charge in [-0.1, -0.05) is 19.0 Å². The summed E-state index contributed by atoms with van der Waals surface area (Å²) in [6.45, 7) is 6.94. The summed E-state index contributed by atoms with van der Waals surface area (Å²) in [6, 6.07) is 0.477. The minimum Gasteiger partial charge on any atom is -0.374 e. The minimum atomic E-state index is -0.111. The Balaban J connectivity index is 2.39. The summed E-state index contributed by atoms with van der Waals surface area (Å²) in [6.07, 6.45) is 0.641. The van der Waals surface area contributed by atoms with Crippen LogP contribution in [0.2, 0.25) is 0 Å². The smallest absolute Gasteiger partial charge is 0.228 e. The van der Waals surface area contributed by atoms with E-state index in [1.807, 2.05) is 6.92 Å². The van der Waals surface area contributed by atoms with E-state index in [1.165, 1.54) is 0 Å². The predicted octanol–water partition coefficient (Wildman–Crippen LogP) is 1.32. The fourth-order valence-electron chi connectivity index (χ4n) is 1.11. The van der Waals surface area contributed by atoms with Crippen molar-refractivity contribution in [2.45, 2.75) is 39.3 Å². The average molecular weight is 213 g/mol. The van der Waals surface area contributed by atoms with Gasteiger partial charge in [-0.15, -0.1) is 0 Å². The van der Waals surface area contributed by atoms with Gasteiger partial charge in [0.1, 0.15) is 6.10 Å². The van der Waals surface area contributed by atoms with Crippen LogP contribution in [-0.2, 0) is 11.2 Å². The Kier molecular flexibility index (Phi) is 4.71. The van der Waals surface area contributed by atoms with Gasteiger partial charge in [-0.25, -0.2) is 0 Å². The zero-order chi connectivity index (χ0) is 11.3. The maximum absolute atomic E-state index is 5.09. The Labute approximate surface area is 90.2 Å². The van der Waals surface area contributed by atoms with Crippen LogP contribution in [0.5, 0.6) is 0 Å². The summed E-state index contributed by atoms with van der Waals surface area (Å²) >= 11 is 0. The molecule has 1 aromatic heterocycles. The molecule has 1 unspecified atom stereocenters. The molecule has 1 heterocycles. The number of nitrogens with one attached hydrogen (secondary N) is 1. The standard InChI is InChI=1S/C10H19N3O2/c1-7(2)11-6-5-9-12-10(13-15-9)8(3)14-4/h7-8,11H,5-6H2,1-4H3. The molecule has 0 aliphatic rings. The maximum atomic E-state index is 5.09. The van der Waals surface area contributed by atoms with Gasteiger partial charge < -0.3 is 14.6 Å². The second-order valence-corrected chi connectivity index (χ2v) is 3.78. The molecular formula is C10H19N3O2. The molecule has 15 heavy (non-hydrogen) atoms. The molecular weight excluding hydrogens is 194 g/mol. The molecule has 5 nitrogen and oxygen atoms in total. The van der Waals surface area contributed by atoms with E-state index >= 15 is 0 Å². The summed E-state index contributed by atoms with van der Waals surface area (Å²) in [5.74, 6) is 1.26. The van der Waals surface area contributed by atoms with Crippen LogP contribution >= 0.6 is 0 Å². The molecule has 86 valence electrons. The van der Waals surface area contributed by atoms with E-state index in [9.17, 15) is 0 Å². The van der Waals surface area contributed by atoms with Gasteiger partial charge in [-0.2, -0.15) is 4.98 Å². The lowest BCUT2D eigenvalue weighted by molar-refractivity contribution is 0.109. The first kappa shape index (κ1) is 12.1. The van der Waals surface area contributed by atoms with Crippen molar-refractivity contribution in [3.05, 3.63) is 11.7 Å². The van der Waals surface area contributed by atoms with Crippen molar-refractivity contribution in [2.75, 3.05) is 13.7 Å². The van der Waals surface area contributed by atoms with E-state index in [1.54, 1.807) is 7.11 Å². The van der Waals surface area contributed by atoms with Crippen LogP contribution in [-0.4, -0.2) is 29.8 Å². The fraction of sp³-hybridized carbons (Fsp3) is 0.800. The third-order valence-corrected chi connectivity index (χ3v) is 2.09. The van der Waals surface area contributed by atoms with Crippen LogP contribution < -0.4 is 5.32 Å². The highest BCUT2D eigenvalue weighted by Gasteiger charge is 2.12. The van der Waals surface area contributed by atoms with E-state index < -0.39 is 0 Å². The number of nitrogens with zero attached hydrogens (tertiary/aromatic N) is 2. The quantitative estimate of drug-likeness (QED) is 0.772. The summed E-state index contributed by atoms with van der Waals surface area (Å²) in [5, 5.41) is 7.13. The first-order valence-corrected chi connectivity index (χ1v) is 5.22. The molecule has 5 heteroatoms. The average Bonchev–Trinajstić information content (AvgIpc) is 2.65. The molecule has 0 saturated heterocycles. The normalized spacial score (nSPS) is 13.4. The second kappa shape index (κ2) is 5.82. The zero-order valence-electron chi connectivity index (χ0n) is 9.78. The van der Waals surface area contributed by atoms with E-state index in [0.29, 0.717) is 17.8 Å².